The number of benzene rings is 2. The van der Waals surface area contributed by atoms with Crippen LogP contribution in [0, 0.1) is 17.3 Å². The number of aliphatic hydroxyl groups excluding tert-OH is 2. The molecule has 2 heterocycles. The van der Waals surface area contributed by atoms with Gasteiger partial charge in [-0.1, -0.05) is 68.0 Å². The Balaban J connectivity index is 1.01. The molecule has 1 spiro atoms. The number of rotatable bonds is 12. The van der Waals surface area contributed by atoms with Crippen molar-refractivity contribution in [2.24, 2.45) is 17.3 Å². The van der Waals surface area contributed by atoms with Gasteiger partial charge in [-0.15, -0.1) is 0 Å². The van der Waals surface area contributed by atoms with E-state index in [2.05, 4.69) is 37.5 Å². The van der Waals surface area contributed by atoms with Crippen LogP contribution in [0.15, 0.2) is 65.8 Å². The summed E-state index contributed by atoms with van der Waals surface area (Å²) in [6.07, 6.45) is 6.37. The van der Waals surface area contributed by atoms with E-state index in [1.165, 1.54) is 12.5 Å². The van der Waals surface area contributed by atoms with Gasteiger partial charge in [0.05, 0.1) is 36.0 Å². The molecule has 2 aromatic rings. The summed E-state index contributed by atoms with van der Waals surface area (Å²) >= 11 is 0. The van der Waals surface area contributed by atoms with Gasteiger partial charge in [-0.05, 0) is 119 Å². The predicted molar refractivity (Wildman–Crippen MR) is 237 cm³/mol. The topological polar surface area (TPSA) is 182 Å². The molecule has 13 heteroatoms. The molecule has 0 aromatic heterocycles. The number of carbonyl (C=O) groups excluding carboxylic acids is 4. The molecule has 13 nitrogen and oxygen atoms in total. The summed E-state index contributed by atoms with van der Waals surface area (Å²) in [5, 5.41) is 26.1. The zero-order valence-corrected chi connectivity index (χ0v) is 38.3. The summed E-state index contributed by atoms with van der Waals surface area (Å²) in [6.45, 7) is 13.1. The van der Waals surface area contributed by atoms with Crippen molar-refractivity contribution in [1.29, 1.82) is 0 Å². The summed E-state index contributed by atoms with van der Waals surface area (Å²) in [6, 6.07) is 13.2. The molecule has 2 amide bonds. The average Bonchev–Trinajstić information content (AvgIpc) is 3.51. The Bertz CT molecular complexity index is 2160. The van der Waals surface area contributed by atoms with Gasteiger partial charge >= 0.3 is 11.9 Å². The zero-order chi connectivity index (χ0) is 45.8. The number of aliphatic hydroxyl groups is 2. The second kappa shape index (κ2) is 17.8. The van der Waals surface area contributed by atoms with E-state index in [0.29, 0.717) is 30.2 Å². The van der Waals surface area contributed by atoms with E-state index in [-0.39, 0.29) is 42.0 Å². The van der Waals surface area contributed by atoms with Gasteiger partial charge in [0.1, 0.15) is 30.0 Å². The molecule has 2 saturated carbocycles. The van der Waals surface area contributed by atoms with Gasteiger partial charge in [-0.2, -0.15) is 0 Å². The van der Waals surface area contributed by atoms with Gasteiger partial charge in [0.15, 0.2) is 5.79 Å². The van der Waals surface area contributed by atoms with Crippen LogP contribution < -0.4 is 10.6 Å². The van der Waals surface area contributed by atoms with Crippen LogP contribution in [0.3, 0.4) is 0 Å². The van der Waals surface area contributed by atoms with Gasteiger partial charge in [0.2, 0.25) is 11.8 Å². The molecular weight excluding hydrogens is 817 g/mol. The summed E-state index contributed by atoms with van der Waals surface area (Å²) in [5.41, 5.74) is 4.40. The number of esters is 2. The average molecular weight is 883 g/mol. The van der Waals surface area contributed by atoms with Gasteiger partial charge in [0, 0.05) is 31.3 Å². The lowest BCUT2D eigenvalue weighted by atomic mass is 9.52. The lowest BCUT2D eigenvalue weighted by Crippen LogP contribution is -2.55. The highest BCUT2D eigenvalue weighted by molar-refractivity contribution is 5.98. The van der Waals surface area contributed by atoms with Crippen molar-refractivity contribution < 1.29 is 53.1 Å². The minimum Gasteiger partial charge on any atom is -0.460 e. The SMILES string of the molecule is C[C@H](O)[C@@H](NC(=O)C1=C[C@H]2OC3(Cc4ccccc4C3)O[C@H]2[C@H](OC(=O)c2ccccc2C=C2CCC3O[C@]3(C)CC[C@@H]3[C@@H]2CC3(C)C)C1)C(=O)N[C@H](CO)CCC(=O)OC(C)(C)C. The Hall–Kier alpha value is -4.40. The first-order valence-corrected chi connectivity index (χ1v) is 23.2. The van der Waals surface area contributed by atoms with Crippen LogP contribution in [0.1, 0.15) is 127 Å². The molecule has 1 unspecified atom stereocenters. The molecule has 64 heavy (non-hydrogen) atoms. The first-order valence-electron chi connectivity index (χ1n) is 23.2. The molecule has 2 saturated heterocycles. The third-order valence-corrected chi connectivity index (χ3v) is 14.4. The highest BCUT2D eigenvalue weighted by atomic mass is 16.8. The minimum absolute atomic E-state index is 0.0432. The second-order valence-electron chi connectivity index (χ2n) is 21.0. The van der Waals surface area contributed by atoms with E-state index in [9.17, 15) is 29.4 Å². The number of fused-ring (bicyclic) bond motifs is 4. The van der Waals surface area contributed by atoms with Crippen LogP contribution in [0.4, 0.5) is 0 Å². The summed E-state index contributed by atoms with van der Waals surface area (Å²) in [5.74, 6) is -2.50. The maximum atomic E-state index is 14.5. The van der Waals surface area contributed by atoms with Crippen LogP contribution in [0.25, 0.3) is 6.08 Å². The Morgan fingerprint density at radius 2 is 1.66 bits per heavy atom. The zero-order valence-electron chi connectivity index (χ0n) is 38.3. The quantitative estimate of drug-likeness (QED) is 0.144. The monoisotopic (exact) mass is 882 g/mol. The van der Waals surface area contributed by atoms with E-state index in [0.717, 1.165) is 48.8 Å². The van der Waals surface area contributed by atoms with Crippen LogP contribution in [-0.4, -0.2) is 100 Å². The number of carbonyl (C=O) groups is 4. The molecule has 4 fully saturated rings. The fourth-order valence-electron chi connectivity index (χ4n) is 10.9. The van der Waals surface area contributed by atoms with E-state index in [4.69, 9.17) is 23.7 Å². The molecule has 4 aliphatic carbocycles. The number of allylic oxidation sites excluding steroid dienone is 1. The number of ether oxygens (including phenoxy) is 5. The largest absolute Gasteiger partial charge is 0.460 e. The van der Waals surface area contributed by atoms with Crippen molar-refractivity contribution in [2.45, 2.75) is 172 Å². The highest BCUT2D eigenvalue weighted by Crippen LogP contribution is 2.60. The van der Waals surface area contributed by atoms with Crippen molar-refractivity contribution in [1.82, 2.24) is 10.6 Å². The number of amides is 2. The molecule has 2 aliphatic heterocycles. The lowest BCUT2D eigenvalue weighted by Gasteiger charge is -2.53. The Labute approximate surface area is 376 Å². The number of nitrogens with one attached hydrogen (secondary N) is 2. The van der Waals surface area contributed by atoms with E-state index in [1.54, 1.807) is 32.9 Å². The third kappa shape index (κ3) is 9.89. The van der Waals surface area contributed by atoms with Crippen molar-refractivity contribution >= 4 is 29.8 Å². The Kier molecular flexibility index (Phi) is 12.8. The molecule has 4 N–H and O–H groups in total. The van der Waals surface area contributed by atoms with Crippen LogP contribution in [0.5, 0.6) is 0 Å². The second-order valence-corrected chi connectivity index (χ2v) is 21.0. The Morgan fingerprint density at radius 1 is 0.953 bits per heavy atom. The fraction of sp³-hybridized carbons (Fsp3) is 0.608. The smallest absolute Gasteiger partial charge is 0.339 e. The van der Waals surface area contributed by atoms with E-state index < -0.39 is 78.2 Å². The van der Waals surface area contributed by atoms with Crippen LogP contribution >= 0.6 is 0 Å². The molecule has 346 valence electrons. The van der Waals surface area contributed by atoms with E-state index >= 15 is 0 Å². The van der Waals surface area contributed by atoms with Crippen LogP contribution in [0.2, 0.25) is 0 Å². The lowest BCUT2D eigenvalue weighted by molar-refractivity contribution is -0.172. The molecule has 0 radical (unpaired) electrons. The van der Waals surface area contributed by atoms with Gasteiger partial charge in [-0.3, -0.25) is 14.4 Å². The molecular formula is C51H66N2O11. The molecule has 10 atom stereocenters. The highest BCUT2D eigenvalue weighted by Gasteiger charge is 2.57. The van der Waals surface area contributed by atoms with Crippen LogP contribution in [-0.2, 0) is 50.9 Å². The molecule has 2 aromatic carbocycles. The first kappa shape index (κ1) is 46.1. The molecule has 0 bridgehead atoms. The normalized spacial score (nSPS) is 30.6. The van der Waals surface area contributed by atoms with Crippen molar-refractivity contribution in [3.8, 4) is 0 Å². The third-order valence-electron chi connectivity index (χ3n) is 14.4. The predicted octanol–water partition coefficient (Wildman–Crippen LogP) is 6.06. The van der Waals surface area contributed by atoms with Crippen molar-refractivity contribution in [2.75, 3.05) is 6.61 Å². The maximum absolute atomic E-state index is 14.5. The van der Waals surface area contributed by atoms with Crippen molar-refractivity contribution in [3.05, 3.63) is 88.0 Å². The number of epoxide rings is 1. The molecule has 6 aliphatic rings. The fourth-order valence-corrected chi connectivity index (χ4v) is 10.9. The standard InChI is InChI=1S/C51H66N2O11/c1-29(55)43(46(58)52-35(28-54)17-19-42(56)63-48(2,3)4)53-45(57)34-23-39(44-40(24-34)61-51(64-44)25-32-13-8-9-14-33(32)26-51)60-47(59)36-15-11-10-12-30(36)22-31-16-18-41-50(7,62-41)21-20-38-37(31)27-49(38,5)6/h8-15,22,24,29,35,37-41,43-44,54-55H,16-21,23,25-28H2,1-7H3,(H,52,58)(H,53,57)/t29-,35-,37+,38+,39+,40+,41?,43+,44-,50+/m0/s1. The van der Waals surface area contributed by atoms with E-state index in [1.807, 2.05) is 42.5 Å². The maximum Gasteiger partial charge on any atom is 0.339 e. The minimum atomic E-state index is -1.42. The van der Waals surface area contributed by atoms with Gasteiger partial charge < -0.3 is 44.5 Å². The number of hydrogen-bond donors (Lipinski definition) is 4. The Morgan fingerprint density at radius 3 is 2.33 bits per heavy atom. The first-order chi connectivity index (χ1) is 30.2. The molecule has 8 rings (SSSR count). The summed E-state index contributed by atoms with van der Waals surface area (Å²) < 4.78 is 31.4. The summed E-state index contributed by atoms with van der Waals surface area (Å²) in [4.78, 5) is 54.6. The summed E-state index contributed by atoms with van der Waals surface area (Å²) in [7, 11) is 0. The van der Waals surface area contributed by atoms with Gasteiger partial charge in [-0.25, -0.2) is 4.79 Å². The van der Waals surface area contributed by atoms with Gasteiger partial charge in [0.25, 0.3) is 0 Å². The number of hydrogen-bond acceptors (Lipinski definition) is 11. The van der Waals surface area contributed by atoms with Crippen molar-refractivity contribution in [3.63, 3.8) is 0 Å².